The first-order valence-corrected chi connectivity index (χ1v) is 12.0. The fourth-order valence-corrected chi connectivity index (χ4v) is 4.97. The number of amides is 2. The van der Waals surface area contributed by atoms with Gasteiger partial charge in [-0.3, -0.25) is 19.5 Å². The molecule has 1 saturated heterocycles. The largest absolute Gasteiger partial charge is 0.335 e. The van der Waals surface area contributed by atoms with Crippen molar-refractivity contribution >= 4 is 27.5 Å². The number of rotatable bonds is 8. The lowest BCUT2D eigenvalue weighted by Gasteiger charge is -2.34. The molecule has 2 amide bonds. The predicted molar refractivity (Wildman–Crippen MR) is 120 cm³/mol. The van der Waals surface area contributed by atoms with Crippen LogP contribution in [0.4, 0.5) is 5.69 Å². The van der Waals surface area contributed by atoms with E-state index < -0.39 is 10.0 Å². The number of hydrogen-bond donors (Lipinski definition) is 1. The van der Waals surface area contributed by atoms with Crippen LogP contribution in [0.5, 0.6) is 0 Å². The zero-order valence-corrected chi connectivity index (χ0v) is 19.1. The van der Waals surface area contributed by atoms with E-state index in [1.54, 1.807) is 30.9 Å². The molecule has 1 N–H and O–H groups in total. The van der Waals surface area contributed by atoms with Crippen molar-refractivity contribution in [3.8, 4) is 0 Å². The van der Waals surface area contributed by atoms with Gasteiger partial charge in [-0.2, -0.15) is 4.31 Å². The van der Waals surface area contributed by atoms with Crippen molar-refractivity contribution in [1.29, 1.82) is 0 Å². The topological polar surface area (TPSA) is 116 Å². The molecule has 32 heavy (non-hydrogen) atoms. The predicted octanol–water partition coefficient (Wildman–Crippen LogP) is 0.904. The van der Waals surface area contributed by atoms with Gasteiger partial charge in [0, 0.05) is 57.3 Å². The molecule has 0 radical (unpaired) electrons. The zero-order chi connectivity index (χ0) is 23.1. The quantitative estimate of drug-likeness (QED) is 0.622. The molecule has 2 heterocycles. The van der Waals surface area contributed by atoms with Crippen molar-refractivity contribution in [3.63, 3.8) is 0 Å². The molecule has 0 aliphatic carbocycles. The Bertz CT molecular complexity index is 1020. The molecule has 1 aliphatic rings. The number of carbonyl (C=O) groups excluding carboxylic acids is 2. The van der Waals surface area contributed by atoms with E-state index in [0.717, 1.165) is 0 Å². The second-order valence-electron chi connectivity index (χ2n) is 7.32. The Balaban J connectivity index is 1.50. The molecule has 0 spiro atoms. The van der Waals surface area contributed by atoms with Crippen LogP contribution in [-0.2, 0) is 14.8 Å². The van der Waals surface area contributed by atoms with E-state index in [9.17, 15) is 18.0 Å². The van der Waals surface area contributed by atoms with E-state index in [1.807, 2.05) is 4.90 Å². The van der Waals surface area contributed by atoms with Gasteiger partial charge in [-0.25, -0.2) is 13.4 Å². The number of anilines is 1. The average Bonchev–Trinajstić information content (AvgIpc) is 2.80. The van der Waals surface area contributed by atoms with Gasteiger partial charge in [-0.05, 0) is 24.3 Å². The highest BCUT2D eigenvalue weighted by atomic mass is 32.2. The van der Waals surface area contributed by atoms with Crippen molar-refractivity contribution in [2.24, 2.45) is 0 Å². The number of nitrogens with one attached hydrogen (secondary N) is 1. The van der Waals surface area contributed by atoms with Crippen LogP contribution in [-0.4, -0.2) is 90.1 Å². The van der Waals surface area contributed by atoms with Crippen LogP contribution in [0.15, 0.2) is 47.8 Å². The summed E-state index contributed by atoms with van der Waals surface area (Å²) in [5.41, 5.74) is 0.843. The van der Waals surface area contributed by atoms with E-state index in [4.69, 9.17) is 0 Å². The van der Waals surface area contributed by atoms with Gasteiger partial charge in [0.05, 0.1) is 17.6 Å². The van der Waals surface area contributed by atoms with E-state index >= 15 is 0 Å². The lowest BCUT2D eigenvalue weighted by Crippen LogP contribution is -2.50. The van der Waals surface area contributed by atoms with Crippen molar-refractivity contribution < 1.29 is 18.0 Å². The molecular weight excluding hydrogens is 432 g/mol. The second-order valence-corrected chi connectivity index (χ2v) is 9.26. The van der Waals surface area contributed by atoms with Gasteiger partial charge in [-0.1, -0.05) is 13.8 Å². The number of benzene rings is 1. The number of hydrogen-bond acceptors (Lipinski definition) is 7. The molecular formula is C21H28N6O4S. The first-order chi connectivity index (χ1) is 15.3. The fraction of sp³-hybridized carbons (Fsp3) is 0.429. The third-order valence-corrected chi connectivity index (χ3v) is 7.35. The van der Waals surface area contributed by atoms with E-state index in [-0.39, 0.29) is 23.3 Å². The number of carbonyl (C=O) groups is 2. The van der Waals surface area contributed by atoms with Crippen molar-refractivity contribution in [2.45, 2.75) is 18.7 Å². The number of piperazine rings is 1. The van der Waals surface area contributed by atoms with Gasteiger partial charge in [0.2, 0.25) is 15.9 Å². The van der Waals surface area contributed by atoms with Crippen LogP contribution in [0, 0.1) is 0 Å². The minimum Gasteiger partial charge on any atom is -0.335 e. The fourth-order valence-electron chi connectivity index (χ4n) is 3.51. The Morgan fingerprint density at radius 3 is 2.25 bits per heavy atom. The van der Waals surface area contributed by atoms with Crippen molar-refractivity contribution in [1.82, 2.24) is 24.1 Å². The summed E-state index contributed by atoms with van der Waals surface area (Å²) >= 11 is 0. The summed E-state index contributed by atoms with van der Waals surface area (Å²) < 4.78 is 26.5. The Labute approximate surface area is 188 Å². The molecule has 11 heteroatoms. The van der Waals surface area contributed by atoms with E-state index in [2.05, 4.69) is 15.3 Å². The first-order valence-electron chi connectivity index (χ1n) is 10.5. The van der Waals surface area contributed by atoms with E-state index in [1.165, 1.54) is 35.0 Å². The van der Waals surface area contributed by atoms with Crippen LogP contribution in [0.2, 0.25) is 0 Å². The van der Waals surface area contributed by atoms with Gasteiger partial charge in [0.15, 0.2) is 0 Å². The molecule has 1 aliphatic heterocycles. The summed E-state index contributed by atoms with van der Waals surface area (Å²) in [6.45, 7) is 6.71. The van der Waals surface area contributed by atoms with Crippen LogP contribution >= 0.6 is 0 Å². The lowest BCUT2D eigenvalue weighted by atomic mass is 10.2. The molecule has 10 nitrogen and oxygen atoms in total. The maximum atomic E-state index is 12.6. The summed E-state index contributed by atoms with van der Waals surface area (Å²) in [6, 6.07) is 6.18. The van der Waals surface area contributed by atoms with Gasteiger partial charge < -0.3 is 10.2 Å². The monoisotopic (exact) mass is 460 g/mol. The highest BCUT2D eigenvalue weighted by molar-refractivity contribution is 7.89. The molecule has 1 aromatic carbocycles. The number of aromatic nitrogens is 2. The number of nitrogens with zero attached hydrogens (tertiary/aromatic N) is 5. The average molecular weight is 461 g/mol. The van der Waals surface area contributed by atoms with Crippen molar-refractivity contribution in [2.75, 3.05) is 51.1 Å². The zero-order valence-electron chi connectivity index (χ0n) is 18.3. The van der Waals surface area contributed by atoms with Crippen molar-refractivity contribution in [3.05, 3.63) is 48.5 Å². The second kappa shape index (κ2) is 10.6. The molecule has 172 valence electrons. The highest BCUT2D eigenvalue weighted by Gasteiger charge is 2.24. The molecule has 3 rings (SSSR count). The SMILES string of the molecule is CCN(CC)S(=O)(=O)c1ccc(NC(=O)CN2CCN(C(=O)c3cnccn3)CC2)cc1. The normalized spacial score (nSPS) is 15.0. The number of sulfonamides is 1. The summed E-state index contributed by atoms with van der Waals surface area (Å²) in [5, 5.41) is 2.80. The summed E-state index contributed by atoms with van der Waals surface area (Å²) in [6.07, 6.45) is 4.45. The van der Waals surface area contributed by atoms with Crippen LogP contribution in [0.25, 0.3) is 0 Å². The Hall–Kier alpha value is -2.89. The first kappa shape index (κ1) is 23.8. The summed E-state index contributed by atoms with van der Waals surface area (Å²) in [5.74, 6) is -0.361. The molecule has 0 bridgehead atoms. The van der Waals surface area contributed by atoms with Gasteiger partial charge >= 0.3 is 0 Å². The molecule has 1 aromatic heterocycles. The molecule has 2 aromatic rings. The molecule has 1 fully saturated rings. The molecule has 0 unspecified atom stereocenters. The lowest BCUT2D eigenvalue weighted by molar-refractivity contribution is -0.117. The van der Waals surface area contributed by atoms with Gasteiger partial charge in [0.25, 0.3) is 5.91 Å². The smallest absolute Gasteiger partial charge is 0.274 e. The Morgan fingerprint density at radius 2 is 1.69 bits per heavy atom. The standard InChI is InChI=1S/C21H28N6O4S/c1-3-27(4-2)32(30,31)18-7-5-17(6-8-18)24-20(28)16-25-11-13-26(14-12-25)21(29)19-15-22-9-10-23-19/h5-10,15H,3-4,11-14,16H2,1-2H3,(H,24,28). The van der Waals surface area contributed by atoms with Crippen LogP contribution in [0.3, 0.4) is 0 Å². The Morgan fingerprint density at radius 1 is 1.03 bits per heavy atom. The summed E-state index contributed by atoms with van der Waals surface area (Å²) in [4.78, 5) is 36.7. The van der Waals surface area contributed by atoms with Crippen LogP contribution < -0.4 is 5.32 Å². The third-order valence-electron chi connectivity index (χ3n) is 5.29. The minimum atomic E-state index is -3.53. The minimum absolute atomic E-state index is 0.165. The maximum absolute atomic E-state index is 12.6. The van der Waals surface area contributed by atoms with E-state index in [0.29, 0.717) is 50.6 Å². The highest BCUT2D eigenvalue weighted by Crippen LogP contribution is 2.18. The van der Waals surface area contributed by atoms with Gasteiger partial charge in [-0.15, -0.1) is 0 Å². The third kappa shape index (κ3) is 5.67. The Kier molecular flexibility index (Phi) is 7.89. The summed E-state index contributed by atoms with van der Waals surface area (Å²) in [7, 11) is -3.53. The molecule has 0 atom stereocenters. The maximum Gasteiger partial charge on any atom is 0.274 e. The molecule has 0 saturated carbocycles. The van der Waals surface area contributed by atoms with Gasteiger partial charge in [0.1, 0.15) is 5.69 Å². The van der Waals surface area contributed by atoms with Crippen LogP contribution in [0.1, 0.15) is 24.3 Å².